The number of nitrogens with zero attached hydrogens (tertiary/aromatic N) is 1. The summed E-state index contributed by atoms with van der Waals surface area (Å²) in [4.78, 5) is 2.30. The fraction of sp³-hybridized carbons (Fsp3) is 1.00. The highest BCUT2D eigenvalue weighted by Crippen LogP contribution is 2.05. The molecule has 0 bridgehead atoms. The lowest BCUT2D eigenvalue weighted by atomic mass is 10.1. The quantitative estimate of drug-likeness (QED) is 0.372. The van der Waals surface area contributed by atoms with Crippen molar-refractivity contribution in [2.75, 3.05) is 20.1 Å². The first-order valence-electron chi connectivity index (χ1n) is 3.47. The van der Waals surface area contributed by atoms with Crippen molar-refractivity contribution in [1.82, 2.24) is 10.3 Å². The third kappa shape index (κ3) is 1.93. The number of piperidine rings is 1. The second kappa shape index (κ2) is 3.15. The number of nitrogens with two attached hydrogens (primary N) is 1. The Hall–Kier alpha value is -0.120. The normalized spacial score (nSPS) is 30.7. The third-order valence-electron chi connectivity index (χ3n) is 1.86. The Balaban J connectivity index is 2.23. The van der Waals surface area contributed by atoms with Crippen LogP contribution >= 0.6 is 0 Å². The first kappa shape index (κ1) is 6.99. The Morgan fingerprint density at radius 3 is 2.89 bits per heavy atom. The highest BCUT2D eigenvalue weighted by atomic mass is 15.3. The molecule has 1 rings (SSSR count). The van der Waals surface area contributed by atoms with Gasteiger partial charge in [0.1, 0.15) is 0 Å². The molecule has 0 aliphatic carbocycles. The highest BCUT2D eigenvalue weighted by molar-refractivity contribution is 4.73. The molecule has 3 nitrogen and oxygen atoms in total. The Morgan fingerprint density at radius 1 is 1.67 bits per heavy atom. The van der Waals surface area contributed by atoms with Crippen LogP contribution < -0.4 is 11.3 Å². The molecule has 1 atom stereocenters. The summed E-state index contributed by atoms with van der Waals surface area (Å²) < 4.78 is 0. The predicted octanol–water partition coefficient (Wildman–Crippen LogP) is -0.456. The molecule has 0 radical (unpaired) electrons. The van der Waals surface area contributed by atoms with Gasteiger partial charge in [0.05, 0.1) is 0 Å². The van der Waals surface area contributed by atoms with Crippen molar-refractivity contribution in [3.05, 3.63) is 0 Å². The van der Waals surface area contributed by atoms with Crippen LogP contribution in [0.3, 0.4) is 0 Å². The predicted molar refractivity (Wildman–Crippen MR) is 37.8 cm³/mol. The summed E-state index contributed by atoms with van der Waals surface area (Å²) in [6.07, 6.45) is 2.49. The van der Waals surface area contributed by atoms with Gasteiger partial charge in [-0.15, -0.1) is 0 Å². The van der Waals surface area contributed by atoms with Crippen LogP contribution in [0.5, 0.6) is 0 Å². The van der Waals surface area contributed by atoms with Crippen molar-refractivity contribution < 1.29 is 0 Å². The molecule has 1 saturated heterocycles. The van der Waals surface area contributed by atoms with E-state index in [1.807, 2.05) is 0 Å². The van der Waals surface area contributed by atoms with Crippen LogP contribution in [0.2, 0.25) is 0 Å². The molecule has 0 spiro atoms. The van der Waals surface area contributed by atoms with E-state index < -0.39 is 0 Å². The zero-order valence-electron chi connectivity index (χ0n) is 5.93. The fourth-order valence-corrected chi connectivity index (χ4v) is 1.30. The molecular formula is C6H15N3. The lowest BCUT2D eigenvalue weighted by molar-refractivity contribution is 0.228. The van der Waals surface area contributed by atoms with Gasteiger partial charge in [0.2, 0.25) is 0 Å². The van der Waals surface area contributed by atoms with E-state index in [9.17, 15) is 0 Å². The van der Waals surface area contributed by atoms with E-state index in [-0.39, 0.29) is 0 Å². The monoisotopic (exact) mass is 129 g/mol. The van der Waals surface area contributed by atoms with E-state index in [2.05, 4.69) is 17.4 Å². The van der Waals surface area contributed by atoms with Gasteiger partial charge in [-0.3, -0.25) is 11.3 Å². The number of hydrazine groups is 1. The lowest BCUT2D eigenvalue weighted by Gasteiger charge is -2.28. The van der Waals surface area contributed by atoms with Crippen LogP contribution in [0, 0.1) is 0 Å². The summed E-state index contributed by atoms with van der Waals surface area (Å²) in [7, 11) is 2.13. The minimum atomic E-state index is 0.517. The van der Waals surface area contributed by atoms with Crippen molar-refractivity contribution in [1.29, 1.82) is 0 Å². The Kier molecular flexibility index (Phi) is 2.45. The number of hydrogen-bond acceptors (Lipinski definition) is 3. The molecule has 0 aromatic carbocycles. The molecule has 0 saturated carbocycles. The van der Waals surface area contributed by atoms with Crippen LogP contribution in [0.15, 0.2) is 0 Å². The van der Waals surface area contributed by atoms with Gasteiger partial charge >= 0.3 is 0 Å². The molecule has 1 heterocycles. The van der Waals surface area contributed by atoms with Gasteiger partial charge in [-0.1, -0.05) is 0 Å². The van der Waals surface area contributed by atoms with Gasteiger partial charge in [0.25, 0.3) is 0 Å². The number of rotatable bonds is 1. The van der Waals surface area contributed by atoms with E-state index in [4.69, 9.17) is 5.84 Å². The second-order valence-corrected chi connectivity index (χ2v) is 2.77. The highest BCUT2D eigenvalue weighted by Gasteiger charge is 2.14. The summed E-state index contributed by atoms with van der Waals surface area (Å²) >= 11 is 0. The zero-order valence-corrected chi connectivity index (χ0v) is 5.93. The first-order chi connectivity index (χ1) is 4.33. The maximum atomic E-state index is 5.29. The molecule has 1 fully saturated rings. The fourth-order valence-electron chi connectivity index (χ4n) is 1.30. The van der Waals surface area contributed by atoms with Crippen molar-refractivity contribution in [3.8, 4) is 0 Å². The number of nitrogens with one attached hydrogen (secondary N) is 1. The van der Waals surface area contributed by atoms with E-state index in [1.165, 1.54) is 19.4 Å². The maximum Gasteiger partial charge on any atom is 0.0338 e. The van der Waals surface area contributed by atoms with Gasteiger partial charge in [-0.2, -0.15) is 0 Å². The third-order valence-corrected chi connectivity index (χ3v) is 1.86. The molecule has 3 N–H and O–H groups in total. The van der Waals surface area contributed by atoms with Crippen LogP contribution in [-0.2, 0) is 0 Å². The van der Waals surface area contributed by atoms with E-state index >= 15 is 0 Å². The smallest absolute Gasteiger partial charge is 0.0338 e. The number of likely N-dealkylation sites (tertiary alicyclic amines) is 1. The van der Waals surface area contributed by atoms with Crippen molar-refractivity contribution in [2.24, 2.45) is 5.84 Å². The van der Waals surface area contributed by atoms with E-state index in [1.54, 1.807) is 0 Å². The Labute approximate surface area is 56.2 Å². The topological polar surface area (TPSA) is 41.3 Å². The van der Waals surface area contributed by atoms with Crippen molar-refractivity contribution >= 4 is 0 Å². The van der Waals surface area contributed by atoms with Crippen LogP contribution in [0.25, 0.3) is 0 Å². The average molecular weight is 129 g/mol. The number of hydrogen-bond donors (Lipinski definition) is 2. The minimum absolute atomic E-state index is 0.517. The summed E-state index contributed by atoms with van der Waals surface area (Å²) in [5, 5.41) is 0. The van der Waals surface area contributed by atoms with Gasteiger partial charge in [-0.05, 0) is 26.4 Å². The van der Waals surface area contributed by atoms with Gasteiger partial charge in [-0.25, -0.2) is 0 Å². The lowest BCUT2D eigenvalue weighted by Crippen LogP contribution is -2.46. The Morgan fingerprint density at radius 2 is 2.44 bits per heavy atom. The summed E-state index contributed by atoms with van der Waals surface area (Å²) in [5.74, 6) is 5.29. The molecular weight excluding hydrogens is 114 g/mol. The minimum Gasteiger partial charge on any atom is -0.305 e. The first-order valence-corrected chi connectivity index (χ1v) is 3.47. The molecule has 1 aliphatic heterocycles. The second-order valence-electron chi connectivity index (χ2n) is 2.77. The van der Waals surface area contributed by atoms with Gasteiger partial charge < -0.3 is 4.90 Å². The molecule has 0 aromatic heterocycles. The Bertz CT molecular complexity index is 84.4. The van der Waals surface area contributed by atoms with Crippen LogP contribution in [0.4, 0.5) is 0 Å². The maximum absolute atomic E-state index is 5.29. The largest absolute Gasteiger partial charge is 0.305 e. The zero-order chi connectivity index (χ0) is 6.69. The van der Waals surface area contributed by atoms with Gasteiger partial charge in [0, 0.05) is 12.6 Å². The van der Waals surface area contributed by atoms with Crippen molar-refractivity contribution in [3.63, 3.8) is 0 Å². The molecule has 9 heavy (non-hydrogen) atoms. The van der Waals surface area contributed by atoms with Gasteiger partial charge in [0.15, 0.2) is 0 Å². The average Bonchev–Trinajstić information content (AvgIpc) is 1.88. The summed E-state index contributed by atoms with van der Waals surface area (Å²) in [6.45, 7) is 2.31. The van der Waals surface area contributed by atoms with E-state index in [0.717, 1.165) is 6.54 Å². The molecule has 1 aliphatic rings. The molecule has 0 amide bonds. The molecule has 3 heteroatoms. The molecule has 1 unspecified atom stereocenters. The van der Waals surface area contributed by atoms with Crippen LogP contribution in [0.1, 0.15) is 12.8 Å². The summed E-state index contributed by atoms with van der Waals surface area (Å²) in [6, 6.07) is 0.517. The van der Waals surface area contributed by atoms with E-state index in [0.29, 0.717) is 6.04 Å². The standard InChI is InChI=1S/C6H15N3/c1-9-4-2-3-6(5-9)8-7/h6,8H,2-5,7H2,1H3. The van der Waals surface area contributed by atoms with Crippen LogP contribution in [-0.4, -0.2) is 31.1 Å². The molecule has 0 aromatic rings. The summed E-state index contributed by atoms with van der Waals surface area (Å²) in [5.41, 5.74) is 2.79. The molecule has 54 valence electrons. The number of likely N-dealkylation sites (N-methyl/N-ethyl adjacent to an activating group) is 1. The SMILES string of the molecule is CN1CCCC(NN)C1. The van der Waals surface area contributed by atoms with Crippen molar-refractivity contribution in [2.45, 2.75) is 18.9 Å².